The van der Waals surface area contributed by atoms with Crippen LogP contribution in [0.4, 0.5) is 0 Å². The van der Waals surface area contributed by atoms with Crippen molar-refractivity contribution in [2.45, 2.75) is 38.6 Å². The zero-order valence-electron chi connectivity index (χ0n) is 10.4. The molecule has 6 nitrogen and oxygen atoms in total. The molecule has 0 rings (SSSR count). The second-order valence-electron chi connectivity index (χ2n) is 3.51. The van der Waals surface area contributed by atoms with Gasteiger partial charge in [0.2, 0.25) is 5.91 Å². The molecule has 0 radical (unpaired) electrons. The summed E-state index contributed by atoms with van der Waals surface area (Å²) < 4.78 is 9.01. The minimum absolute atomic E-state index is 0.0582. The number of esters is 2. The number of ether oxygens (including phenoxy) is 2. The van der Waals surface area contributed by atoms with Gasteiger partial charge in [0.1, 0.15) is 6.04 Å². The van der Waals surface area contributed by atoms with Gasteiger partial charge in [-0.05, 0) is 12.8 Å². The number of hydrogen-bond acceptors (Lipinski definition) is 5. The highest BCUT2D eigenvalue weighted by Gasteiger charge is 2.22. The molecule has 0 heterocycles. The molecule has 0 bridgehead atoms. The summed E-state index contributed by atoms with van der Waals surface area (Å²) in [7, 11) is 2.50. The first kappa shape index (κ1) is 15.4. The van der Waals surface area contributed by atoms with E-state index < -0.39 is 18.0 Å². The molecule has 1 atom stereocenters. The Morgan fingerprint density at radius 2 is 1.76 bits per heavy atom. The summed E-state index contributed by atoms with van der Waals surface area (Å²) in [6.07, 6.45) is 1.26. The minimum Gasteiger partial charge on any atom is -0.469 e. The molecule has 1 N–H and O–H groups in total. The molecule has 0 spiro atoms. The van der Waals surface area contributed by atoms with Crippen LogP contribution >= 0.6 is 0 Å². The van der Waals surface area contributed by atoms with E-state index in [0.717, 1.165) is 0 Å². The molecule has 0 fully saturated rings. The third-order valence-corrected chi connectivity index (χ3v) is 2.16. The van der Waals surface area contributed by atoms with Crippen LogP contribution in [0.25, 0.3) is 0 Å². The SMILES string of the molecule is CCCC(=O)NC(CCC(=O)OC)C(=O)OC. The van der Waals surface area contributed by atoms with E-state index in [1.54, 1.807) is 0 Å². The molecule has 1 amide bonds. The van der Waals surface area contributed by atoms with Gasteiger partial charge in [0.15, 0.2) is 0 Å². The van der Waals surface area contributed by atoms with Gasteiger partial charge in [-0.3, -0.25) is 9.59 Å². The zero-order chi connectivity index (χ0) is 13.3. The van der Waals surface area contributed by atoms with Crippen LogP contribution in [-0.4, -0.2) is 38.1 Å². The van der Waals surface area contributed by atoms with E-state index in [-0.39, 0.29) is 18.7 Å². The predicted octanol–water partition coefficient (Wildman–Crippen LogP) is 0.397. The number of nitrogens with one attached hydrogen (secondary N) is 1. The highest BCUT2D eigenvalue weighted by Crippen LogP contribution is 2.02. The Morgan fingerprint density at radius 1 is 1.12 bits per heavy atom. The molecule has 0 saturated carbocycles. The fraction of sp³-hybridized carbons (Fsp3) is 0.727. The third-order valence-electron chi connectivity index (χ3n) is 2.16. The van der Waals surface area contributed by atoms with Crippen LogP contribution in [-0.2, 0) is 23.9 Å². The molecule has 6 heteroatoms. The number of methoxy groups -OCH3 is 2. The summed E-state index contributed by atoms with van der Waals surface area (Å²) in [5.41, 5.74) is 0. The van der Waals surface area contributed by atoms with Crippen LogP contribution in [0.1, 0.15) is 32.6 Å². The Balaban J connectivity index is 4.28. The Kier molecular flexibility index (Phi) is 7.75. The predicted molar refractivity (Wildman–Crippen MR) is 60.1 cm³/mol. The van der Waals surface area contributed by atoms with Crippen LogP contribution in [0.15, 0.2) is 0 Å². The van der Waals surface area contributed by atoms with Gasteiger partial charge in [-0.1, -0.05) is 6.92 Å². The fourth-order valence-electron chi connectivity index (χ4n) is 1.25. The van der Waals surface area contributed by atoms with Crippen molar-refractivity contribution in [3.8, 4) is 0 Å². The van der Waals surface area contributed by atoms with E-state index in [9.17, 15) is 14.4 Å². The monoisotopic (exact) mass is 245 g/mol. The lowest BCUT2D eigenvalue weighted by molar-refractivity contribution is -0.146. The standard InChI is InChI=1S/C11H19NO5/c1-4-5-9(13)12-8(11(15)17-3)6-7-10(14)16-2/h8H,4-7H2,1-3H3,(H,12,13). The van der Waals surface area contributed by atoms with E-state index >= 15 is 0 Å². The molecular weight excluding hydrogens is 226 g/mol. The van der Waals surface area contributed by atoms with E-state index in [2.05, 4.69) is 14.8 Å². The van der Waals surface area contributed by atoms with Gasteiger partial charge in [0.25, 0.3) is 0 Å². The van der Waals surface area contributed by atoms with Gasteiger partial charge in [0.05, 0.1) is 14.2 Å². The second-order valence-corrected chi connectivity index (χ2v) is 3.51. The van der Waals surface area contributed by atoms with Crippen LogP contribution < -0.4 is 5.32 Å². The molecule has 17 heavy (non-hydrogen) atoms. The Labute approximate surface area is 101 Å². The average Bonchev–Trinajstić information content (AvgIpc) is 2.33. The maximum atomic E-state index is 11.4. The molecular formula is C11H19NO5. The van der Waals surface area contributed by atoms with Gasteiger partial charge in [-0.25, -0.2) is 4.79 Å². The first-order valence-electron chi connectivity index (χ1n) is 5.49. The first-order valence-corrected chi connectivity index (χ1v) is 5.49. The lowest BCUT2D eigenvalue weighted by Gasteiger charge is -2.15. The molecule has 0 aliphatic rings. The van der Waals surface area contributed by atoms with Crippen molar-refractivity contribution >= 4 is 17.8 Å². The number of carbonyl (C=O) groups excluding carboxylic acids is 3. The molecule has 0 aromatic carbocycles. The van der Waals surface area contributed by atoms with Crippen LogP contribution in [0, 0.1) is 0 Å². The Hall–Kier alpha value is -1.59. The van der Waals surface area contributed by atoms with E-state index in [1.807, 2.05) is 6.92 Å². The second kappa shape index (κ2) is 8.55. The number of hydrogen-bond donors (Lipinski definition) is 1. The van der Waals surface area contributed by atoms with Gasteiger partial charge in [-0.2, -0.15) is 0 Å². The molecule has 0 aromatic rings. The summed E-state index contributed by atoms with van der Waals surface area (Å²) in [5, 5.41) is 2.53. The van der Waals surface area contributed by atoms with E-state index in [1.165, 1.54) is 14.2 Å². The maximum Gasteiger partial charge on any atom is 0.328 e. The van der Waals surface area contributed by atoms with Gasteiger partial charge < -0.3 is 14.8 Å². The van der Waals surface area contributed by atoms with Crippen molar-refractivity contribution in [3.63, 3.8) is 0 Å². The summed E-state index contributed by atoms with van der Waals surface area (Å²) in [5.74, 6) is -1.21. The fourth-order valence-corrected chi connectivity index (χ4v) is 1.25. The Morgan fingerprint density at radius 3 is 2.24 bits per heavy atom. The van der Waals surface area contributed by atoms with E-state index in [4.69, 9.17) is 0 Å². The average molecular weight is 245 g/mol. The van der Waals surface area contributed by atoms with Gasteiger partial charge >= 0.3 is 11.9 Å². The first-order chi connectivity index (χ1) is 8.04. The number of carbonyl (C=O) groups is 3. The zero-order valence-corrected chi connectivity index (χ0v) is 10.4. The molecule has 0 aliphatic carbocycles. The van der Waals surface area contributed by atoms with Crippen molar-refractivity contribution < 1.29 is 23.9 Å². The molecule has 98 valence electrons. The Bertz CT molecular complexity index is 277. The van der Waals surface area contributed by atoms with Crippen molar-refractivity contribution in [1.29, 1.82) is 0 Å². The molecule has 0 aromatic heterocycles. The van der Waals surface area contributed by atoms with Crippen molar-refractivity contribution in [1.82, 2.24) is 5.32 Å². The lowest BCUT2D eigenvalue weighted by Crippen LogP contribution is -2.41. The van der Waals surface area contributed by atoms with Crippen LogP contribution in [0.5, 0.6) is 0 Å². The minimum atomic E-state index is -0.793. The highest BCUT2D eigenvalue weighted by atomic mass is 16.5. The van der Waals surface area contributed by atoms with Crippen LogP contribution in [0.2, 0.25) is 0 Å². The molecule has 0 saturated heterocycles. The van der Waals surface area contributed by atoms with Gasteiger partial charge in [0, 0.05) is 12.8 Å². The maximum absolute atomic E-state index is 11.4. The quantitative estimate of drug-likeness (QED) is 0.656. The summed E-state index contributed by atoms with van der Waals surface area (Å²) in [4.78, 5) is 33.7. The highest BCUT2D eigenvalue weighted by molar-refractivity contribution is 5.84. The molecule has 1 unspecified atom stereocenters. The summed E-state index contributed by atoms with van der Waals surface area (Å²) in [6, 6.07) is -0.793. The number of amides is 1. The van der Waals surface area contributed by atoms with E-state index in [0.29, 0.717) is 12.8 Å². The largest absolute Gasteiger partial charge is 0.469 e. The van der Waals surface area contributed by atoms with Crippen molar-refractivity contribution in [2.24, 2.45) is 0 Å². The summed E-state index contributed by atoms with van der Waals surface area (Å²) in [6.45, 7) is 1.86. The van der Waals surface area contributed by atoms with Gasteiger partial charge in [-0.15, -0.1) is 0 Å². The molecule has 0 aliphatic heterocycles. The normalized spacial score (nSPS) is 11.5. The van der Waals surface area contributed by atoms with Crippen molar-refractivity contribution in [2.75, 3.05) is 14.2 Å². The number of rotatable bonds is 7. The third kappa shape index (κ3) is 6.55. The topological polar surface area (TPSA) is 81.7 Å². The van der Waals surface area contributed by atoms with Crippen LogP contribution in [0.3, 0.4) is 0 Å². The van der Waals surface area contributed by atoms with Crippen molar-refractivity contribution in [3.05, 3.63) is 0 Å². The summed E-state index contributed by atoms with van der Waals surface area (Å²) >= 11 is 0. The smallest absolute Gasteiger partial charge is 0.328 e. The lowest BCUT2D eigenvalue weighted by atomic mass is 10.1.